The molecule has 0 amide bonds. The predicted molar refractivity (Wildman–Crippen MR) is 56.7 cm³/mol. The van der Waals surface area contributed by atoms with Gasteiger partial charge in [0, 0.05) is 6.61 Å². The molecular weight excluding hydrogens is 180 g/mol. The van der Waals surface area contributed by atoms with Crippen molar-refractivity contribution in [3.8, 4) is 0 Å². The van der Waals surface area contributed by atoms with Gasteiger partial charge in [0.2, 0.25) is 0 Å². The van der Waals surface area contributed by atoms with Crippen molar-refractivity contribution in [2.75, 3.05) is 19.8 Å². The molecule has 0 saturated heterocycles. The first kappa shape index (κ1) is 13.9. The van der Waals surface area contributed by atoms with Gasteiger partial charge < -0.3 is 14.2 Å². The Morgan fingerprint density at radius 1 is 1.14 bits per heavy atom. The average molecular weight is 202 g/mol. The Morgan fingerprint density at radius 3 is 2.43 bits per heavy atom. The zero-order valence-electron chi connectivity index (χ0n) is 9.66. The monoisotopic (exact) mass is 202 g/mol. The normalized spacial score (nSPS) is 15.4. The van der Waals surface area contributed by atoms with Crippen LogP contribution in [0, 0.1) is 13.0 Å². The van der Waals surface area contributed by atoms with E-state index in [1.54, 1.807) is 6.61 Å². The van der Waals surface area contributed by atoms with E-state index in [4.69, 9.17) is 14.2 Å². The summed E-state index contributed by atoms with van der Waals surface area (Å²) in [6, 6.07) is 0. The van der Waals surface area contributed by atoms with Crippen molar-refractivity contribution >= 4 is 0 Å². The maximum atomic E-state index is 5.52. The summed E-state index contributed by atoms with van der Waals surface area (Å²) in [4.78, 5) is 0. The van der Waals surface area contributed by atoms with Gasteiger partial charge in [-0.2, -0.15) is 0 Å². The maximum Gasteiger partial charge on any atom is 0.0873 e. The molecule has 3 nitrogen and oxygen atoms in total. The molecule has 0 aliphatic rings. The Bertz CT molecular complexity index is 103. The standard InChI is InChI=1S/C11H22O3/c1-5-7-13-11(4)9-14-10(3)8-12-6-2/h5,7,10-11H,6,8-9H2,1-4H3. The van der Waals surface area contributed by atoms with Crippen molar-refractivity contribution in [2.45, 2.75) is 39.9 Å². The summed E-state index contributed by atoms with van der Waals surface area (Å²) >= 11 is 0. The van der Waals surface area contributed by atoms with Crippen LogP contribution in [0.4, 0.5) is 0 Å². The molecule has 0 aliphatic heterocycles. The molecule has 0 saturated carbocycles. The van der Waals surface area contributed by atoms with E-state index in [1.165, 1.54) is 0 Å². The molecule has 0 bridgehead atoms. The smallest absolute Gasteiger partial charge is 0.0873 e. The Balaban J connectivity index is 3.31. The molecule has 0 aromatic rings. The lowest BCUT2D eigenvalue weighted by molar-refractivity contribution is -0.0424. The van der Waals surface area contributed by atoms with Crippen molar-refractivity contribution in [2.24, 2.45) is 0 Å². The highest BCUT2D eigenvalue weighted by molar-refractivity contribution is 4.69. The van der Waals surface area contributed by atoms with Gasteiger partial charge in [-0.15, -0.1) is 0 Å². The van der Waals surface area contributed by atoms with Crippen LogP contribution in [-0.4, -0.2) is 32.0 Å². The number of hydrogen-bond acceptors (Lipinski definition) is 3. The number of ether oxygens (including phenoxy) is 3. The molecule has 3 heteroatoms. The van der Waals surface area contributed by atoms with Gasteiger partial charge >= 0.3 is 0 Å². The summed E-state index contributed by atoms with van der Waals surface area (Å²) in [7, 11) is 0. The lowest BCUT2D eigenvalue weighted by atomic mass is 10.4. The van der Waals surface area contributed by atoms with Gasteiger partial charge in [0.15, 0.2) is 0 Å². The first-order valence-electron chi connectivity index (χ1n) is 5.16. The van der Waals surface area contributed by atoms with Crippen LogP contribution in [-0.2, 0) is 14.2 Å². The minimum absolute atomic E-state index is 0.0928. The summed E-state index contributed by atoms with van der Waals surface area (Å²) in [6.07, 6.45) is 2.09. The van der Waals surface area contributed by atoms with Crippen LogP contribution in [0.5, 0.6) is 0 Å². The van der Waals surface area contributed by atoms with Gasteiger partial charge in [-0.1, -0.05) is 6.92 Å². The van der Waals surface area contributed by atoms with Crippen LogP contribution in [0.3, 0.4) is 0 Å². The van der Waals surface area contributed by atoms with Gasteiger partial charge in [-0.3, -0.25) is 0 Å². The van der Waals surface area contributed by atoms with Crippen LogP contribution in [0.1, 0.15) is 27.7 Å². The molecule has 2 atom stereocenters. The fourth-order valence-electron chi connectivity index (χ4n) is 0.884. The third-order valence-electron chi connectivity index (χ3n) is 1.62. The molecular formula is C11H22O3. The largest absolute Gasteiger partial charge is 0.379 e. The van der Waals surface area contributed by atoms with E-state index in [-0.39, 0.29) is 12.2 Å². The second kappa shape index (κ2) is 9.44. The minimum Gasteiger partial charge on any atom is -0.379 e. The van der Waals surface area contributed by atoms with E-state index in [2.05, 4.69) is 0 Å². The Hall–Kier alpha value is -0.120. The van der Waals surface area contributed by atoms with Crippen molar-refractivity contribution in [1.82, 2.24) is 0 Å². The van der Waals surface area contributed by atoms with Gasteiger partial charge in [0.25, 0.3) is 0 Å². The quantitative estimate of drug-likeness (QED) is 0.574. The molecule has 14 heavy (non-hydrogen) atoms. The lowest BCUT2D eigenvalue weighted by Gasteiger charge is -2.16. The molecule has 2 unspecified atom stereocenters. The van der Waals surface area contributed by atoms with Crippen molar-refractivity contribution in [3.63, 3.8) is 0 Å². The fourth-order valence-corrected chi connectivity index (χ4v) is 0.884. The summed E-state index contributed by atoms with van der Waals surface area (Å²) in [5, 5.41) is 0. The third-order valence-corrected chi connectivity index (χ3v) is 1.62. The maximum absolute atomic E-state index is 5.52. The molecule has 84 valence electrons. The second-order valence-electron chi connectivity index (χ2n) is 3.22. The molecule has 2 radical (unpaired) electrons. The zero-order chi connectivity index (χ0) is 10.8. The fraction of sp³-hybridized carbons (Fsp3) is 0.818. The Kier molecular flexibility index (Phi) is 9.35. The van der Waals surface area contributed by atoms with E-state index >= 15 is 0 Å². The van der Waals surface area contributed by atoms with Crippen molar-refractivity contribution in [1.29, 1.82) is 0 Å². The highest BCUT2D eigenvalue weighted by Crippen LogP contribution is 2.00. The Morgan fingerprint density at radius 2 is 1.86 bits per heavy atom. The van der Waals surface area contributed by atoms with E-state index in [0.29, 0.717) is 13.2 Å². The summed E-state index contributed by atoms with van der Waals surface area (Å²) in [6.45, 7) is 11.5. The van der Waals surface area contributed by atoms with Crippen LogP contribution >= 0.6 is 0 Å². The molecule has 0 fully saturated rings. The number of hydrogen-bond donors (Lipinski definition) is 0. The van der Waals surface area contributed by atoms with Crippen LogP contribution in [0.15, 0.2) is 0 Å². The molecule has 0 aromatic heterocycles. The highest BCUT2D eigenvalue weighted by atomic mass is 16.6. The number of rotatable bonds is 9. The van der Waals surface area contributed by atoms with Gasteiger partial charge in [-0.05, 0) is 27.2 Å². The van der Waals surface area contributed by atoms with Gasteiger partial charge in [0.1, 0.15) is 0 Å². The van der Waals surface area contributed by atoms with Crippen LogP contribution < -0.4 is 0 Å². The van der Waals surface area contributed by atoms with Gasteiger partial charge in [-0.25, -0.2) is 0 Å². The average Bonchev–Trinajstić information content (AvgIpc) is 2.20. The molecule has 0 aromatic carbocycles. The predicted octanol–water partition coefficient (Wildman–Crippen LogP) is 2.22. The summed E-state index contributed by atoms with van der Waals surface area (Å²) in [5.41, 5.74) is 0. The van der Waals surface area contributed by atoms with E-state index in [0.717, 1.165) is 6.61 Å². The minimum atomic E-state index is 0.0928. The molecule has 0 spiro atoms. The van der Waals surface area contributed by atoms with Crippen molar-refractivity contribution < 1.29 is 14.2 Å². The summed E-state index contributed by atoms with van der Waals surface area (Å²) in [5.74, 6) is 0. The van der Waals surface area contributed by atoms with Crippen molar-refractivity contribution in [3.05, 3.63) is 13.0 Å². The topological polar surface area (TPSA) is 27.7 Å². The van der Waals surface area contributed by atoms with Crippen LogP contribution in [0.25, 0.3) is 0 Å². The zero-order valence-corrected chi connectivity index (χ0v) is 9.66. The molecule has 0 aliphatic carbocycles. The Labute approximate surface area is 87.7 Å². The van der Waals surface area contributed by atoms with Crippen LogP contribution in [0.2, 0.25) is 0 Å². The van der Waals surface area contributed by atoms with E-state index in [9.17, 15) is 0 Å². The second-order valence-corrected chi connectivity index (χ2v) is 3.22. The third kappa shape index (κ3) is 8.48. The lowest BCUT2D eigenvalue weighted by Crippen LogP contribution is -2.22. The summed E-state index contributed by atoms with van der Waals surface area (Å²) < 4.78 is 16.0. The van der Waals surface area contributed by atoms with Gasteiger partial charge in [0.05, 0.1) is 32.0 Å². The molecule has 0 rings (SSSR count). The highest BCUT2D eigenvalue weighted by Gasteiger charge is 2.06. The molecule has 0 heterocycles. The first-order chi connectivity index (χ1) is 6.70. The van der Waals surface area contributed by atoms with E-state index in [1.807, 2.05) is 34.1 Å². The molecule has 0 N–H and O–H groups in total. The van der Waals surface area contributed by atoms with E-state index < -0.39 is 0 Å². The first-order valence-corrected chi connectivity index (χ1v) is 5.16. The SMILES string of the molecule is C[CH][CH]OC(C)COC(C)COCC.